The van der Waals surface area contributed by atoms with E-state index in [4.69, 9.17) is 0 Å². The van der Waals surface area contributed by atoms with Crippen LogP contribution in [0.4, 0.5) is 0 Å². The number of rotatable bonds is 3. The van der Waals surface area contributed by atoms with Crippen molar-refractivity contribution in [1.29, 1.82) is 0 Å². The first-order valence-electron chi connectivity index (χ1n) is 7.60. The number of benzene rings is 1. The summed E-state index contributed by atoms with van der Waals surface area (Å²) in [4.78, 5) is 0. The summed E-state index contributed by atoms with van der Waals surface area (Å²) in [6.07, 6.45) is 3.85. The Kier molecular flexibility index (Phi) is 11.8. The van der Waals surface area contributed by atoms with E-state index in [1.165, 1.54) is 16.7 Å². The Morgan fingerprint density at radius 3 is 1.75 bits per heavy atom. The number of hydrogen-bond donors (Lipinski definition) is 0. The summed E-state index contributed by atoms with van der Waals surface area (Å²) in [5, 5.41) is 1.66. The van der Waals surface area contributed by atoms with Crippen molar-refractivity contribution in [1.82, 2.24) is 0 Å². The van der Waals surface area contributed by atoms with E-state index in [9.17, 15) is 0 Å². The van der Waals surface area contributed by atoms with Crippen molar-refractivity contribution in [3.05, 3.63) is 75.4 Å². The molecule has 1 aromatic carbocycles. The summed E-state index contributed by atoms with van der Waals surface area (Å²) in [7, 11) is -1.73. The summed E-state index contributed by atoms with van der Waals surface area (Å²) >= 11 is 0. The van der Waals surface area contributed by atoms with E-state index in [0.717, 1.165) is 0 Å². The summed E-state index contributed by atoms with van der Waals surface area (Å²) in [5.41, 5.74) is 5.00. The molecule has 0 fully saturated rings. The van der Waals surface area contributed by atoms with Crippen molar-refractivity contribution >= 4 is 13.3 Å². The van der Waals surface area contributed by atoms with Gasteiger partial charge in [0.25, 0.3) is 0 Å². The fourth-order valence-corrected chi connectivity index (χ4v) is 8.42. The smallest absolute Gasteiger partial charge is 0.358 e. The van der Waals surface area contributed by atoms with Crippen molar-refractivity contribution in [3.63, 3.8) is 0 Å². The molecule has 0 radical (unpaired) electrons. The molecule has 0 heterocycles. The molecule has 0 bridgehead atoms. The predicted molar refractivity (Wildman–Crippen MR) is 111 cm³/mol. The zero-order valence-corrected chi connectivity index (χ0v) is 20.0. The maximum Gasteiger partial charge on any atom is 4.00 e. The molecule has 24 heavy (non-hydrogen) atoms. The predicted octanol–water partition coefficient (Wildman–Crippen LogP) is 6.59. The Morgan fingerprint density at radius 2 is 1.42 bits per heavy atom. The van der Waals surface area contributed by atoms with Gasteiger partial charge in [0, 0.05) is 0 Å². The van der Waals surface area contributed by atoms with Gasteiger partial charge in [-0.2, -0.15) is 11.1 Å². The third-order valence-electron chi connectivity index (χ3n) is 5.88. The molecule has 2 rings (SSSR count). The Labute approximate surface area is 168 Å². The van der Waals surface area contributed by atoms with Gasteiger partial charge >= 0.3 is 21.7 Å². The minimum absolute atomic E-state index is 0. The monoisotopic (exact) mass is 376 g/mol. The number of hydrogen-bond acceptors (Lipinski definition) is 0. The van der Waals surface area contributed by atoms with Gasteiger partial charge in [-0.3, -0.25) is 6.08 Å². The van der Waals surface area contributed by atoms with Gasteiger partial charge in [0.05, 0.1) is 8.07 Å². The maximum atomic E-state index is 3.85. The fraction of sp³-hybridized carbons (Fsp3) is 0.409. The average Bonchev–Trinajstić information content (AvgIpc) is 2.63. The Morgan fingerprint density at radius 1 is 0.958 bits per heavy atom. The zero-order valence-electron chi connectivity index (χ0n) is 17.5. The van der Waals surface area contributed by atoms with Crippen LogP contribution in [0, 0.1) is 28.4 Å². The third-order valence-corrected chi connectivity index (χ3v) is 12.3. The van der Waals surface area contributed by atoms with Gasteiger partial charge in [0.1, 0.15) is 0 Å². The van der Waals surface area contributed by atoms with E-state index in [1.807, 2.05) is 0 Å². The standard InChI is InChI=1S/C19H27Si.3CH3.Ti/c1-14(2)20(7,18-11-9-8-10-12-18)19(6)13-15(3)16(4)17(19)5;;;;/h8-12,14H,1-7H3;3*1H3;/q4*-1;+4. The molecular weight excluding hydrogens is 340 g/mol. The summed E-state index contributed by atoms with van der Waals surface area (Å²) in [5.74, 6) is 0. The van der Waals surface area contributed by atoms with E-state index in [-0.39, 0.29) is 49.0 Å². The summed E-state index contributed by atoms with van der Waals surface area (Å²) in [6, 6.07) is 11.1. The van der Waals surface area contributed by atoms with Crippen LogP contribution >= 0.6 is 0 Å². The van der Waals surface area contributed by atoms with Crippen molar-refractivity contribution in [2.45, 2.75) is 58.7 Å². The van der Waals surface area contributed by atoms with Crippen LogP contribution in [-0.4, -0.2) is 8.07 Å². The van der Waals surface area contributed by atoms with Gasteiger partial charge in [-0.25, -0.2) is 5.57 Å². The van der Waals surface area contributed by atoms with E-state index in [0.29, 0.717) is 5.54 Å². The summed E-state index contributed by atoms with van der Waals surface area (Å²) in [6.45, 7) is 16.5. The SMILES string of the molecule is CC1=[C-]C(C)([Si](C)(c2ccccc2)C(C)C)C(C)=C1C.[CH3-].[CH3-].[CH3-].[Ti+4]. The molecule has 0 nitrogen and oxygen atoms in total. The second-order valence-electron chi connectivity index (χ2n) is 6.85. The molecule has 0 N–H and O–H groups in total. The van der Waals surface area contributed by atoms with Gasteiger partial charge in [-0.05, 0) is 5.54 Å². The molecular formula is C22H36SiTi. The van der Waals surface area contributed by atoms with Crippen LogP contribution in [0.1, 0.15) is 41.5 Å². The second kappa shape index (κ2) is 9.94. The van der Waals surface area contributed by atoms with E-state index in [2.05, 4.69) is 84.5 Å². The van der Waals surface area contributed by atoms with Gasteiger partial charge in [-0.15, -0.1) is 6.92 Å². The molecule has 2 unspecified atom stereocenters. The van der Waals surface area contributed by atoms with E-state index < -0.39 is 8.07 Å². The van der Waals surface area contributed by atoms with Crippen molar-refractivity contribution in [3.8, 4) is 0 Å². The fourth-order valence-electron chi connectivity index (χ4n) is 3.72. The molecule has 1 aliphatic rings. The van der Waals surface area contributed by atoms with Gasteiger partial charge in [-0.1, -0.05) is 81.7 Å². The van der Waals surface area contributed by atoms with Crippen molar-refractivity contribution < 1.29 is 21.7 Å². The Hall–Kier alpha value is -0.369. The quantitative estimate of drug-likeness (QED) is 0.412. The first-order chi connectivity index (χ1) is 9.25. The van der Waals surface area contributed by atoms with Crippen LogP contribution in [0.15, 0.2) is 47.1 Å². The minimum atomic E-state index is -1.73. The van der Waals surface area contributed by atoms with Crippen LogP contribution in [0.5, 0.6) is 0 Å². The first-order valence-corrected chi connectivity index (χ1v) is 10.2. The Balaban J connectivity index is -0.00000110. The topological polar surface area (TPSA) is 0 Å². The molecule has 0 spiro atoms. The molecule has 1 aromatic rings. The maximum absolute atomic E-state index is 3.85. The van der Waals surface area contributed by atoms with Crippen LogP contribution in [-0.2, 0) is 21.7 Å². The van der Waals surface area contributed by atoms with Crippen LogP contribution in [0.2, 0.25) is 17.1 Å². The van der Waals surface area contributed by atoms with Crippen LogP contribution in [0.3, 0.4) is 0 Å². The molecule has 132 valence electrons. The molecule has 2 atom stereocenters. The molecule has 2 heteroatoms. The largest absolute Gasteiger partial charge is 4.00 e. The third kappa shape index (κ3) is 4.06. The molecule has 0 aliphatic heterocycles. The van der Waals surface area contributed by atoms with Gasteiger partial charge in [0.2, 0.25) is 0 Å². The Bertz CT molecular complexity index is 571. The molecule has 0 saturated carbocycles. The van der Waals surface area contributed by atoms with Gasteiger partial charge < -0.3 is 22.3 Å². The van der Waals surface area contributed by atoms with Crippen LogP contribution < -0.4 is 5.19 Å². The molecule has 0 aromatic heterocycles. The van der Waals surface area contributed by atoms with Crippen LogP contribution in [0.25, 0.3) is 0 Å². The van der Waals surface area contributed by atoms with Gasteiger partial charge in [0.15, 0.2) is 0 Å². The normalized spacial score (nSPS) is 21.6. The van der Waals surface area contributed by atoms with Crippen molar-refractivity contribution in [2.24, 2.45) is 0 Å². The zero-order chi connectivity index (χ0) is 15.1. The average molecular weight is 376 g/mol. The minimum Gasteiger partial charge on any atom is -0.358 e. The van der Waals surface area contributed by atoms with E-state index >= 15 is 0 Å². The van der Waals surface area contributed by atoms with E-state index in [1.54, 1.807) is 5.19 Å². The summed E-state index contributed by atoms with van der Waals surface area (Å²) < 4.78 is 0. The molecule has 0 amide bonds. The second-order valence-corrected chi connectivity index (χ2v) is 12.0. The molecule has 0 saturated heterocycles. The first kappa shape index (κ1) is 28.4. The number of allylic oxidation sites excluding steroid dienone is 4. The van der Waals surface area contributed by atoms with Crippen molar-refractivity contribution in [2.75, 3.05) is 0 Å². The molecule has 1 aliphatic carbocycles.